The van der Waals surface area contributed by atoms with E-state index in [9.17, 15) is 0 Å². The minimum Gasteiger partial charge on any atom is -0.497 e. The first kappa shape index (κ1) is 16.1. The molecule has 0 N–H and O–H groups in total. The van der Waals surface area contributed by atoms with Crippen LogP contribution >= 0.6 is 11.3 Å². The lowest BCUT2D eigenvalue weighted by molar-refractivity contribution is 0.227. The SMILES string of the molecule is COc1cccc(N2CCN(Cc3nnc(-c4cccs4)o3)CC2)c1. The minimum absolute atomic E-state index is 0.611. The van der Waals surface area contributed by atoms with Crippen molar-refractivity contribution in [1.82, 2.24) is 15.1 Å². The third kappa shape index (κ3) is 3.67. The van der Waals surface area contributed by atoms with Gasteiger partial charge in [0.1, 0.15) is 5.75 Å². The summed E-state index contributed by atoms with van der Waals surface area (Å²) in [6, 6.07) is 12.2. The zero-order chi connectivity index (χ0) is 17.1. The van der Waals surface area contributed by atoms with Crippen LogP contribution in [0.15, 0.2) is 46.2 Å². The van der Waals surface area contributed by atoms with Gasteiger partial charge in [0.15, 0.2) is 0 Å². The molecule has 1 saturated heterocycles. The molecular weight excluding hydrogens is 336 g/mol. The Morgan fingerprint density at radius 2 is 2.00 bits per heavy atom. The molecule has 0 atom stereocenters. The highest BCUT2D eigenvalue weighted by Gasteiger charge is 2.20. The van der Waals surface area contributed by atoms with E-state index < -0.39 is 0 Å². The number of benzene rings is 1. The molecule has 25 heavy (non-hydrogen) atoms. The van der Waals surface area contributed by atoms with Gasteiger partial charge in [0, 0.05) is 37.9 Å². The summed E-state index contributed by atoms with van der Waals surface area (Å²) in [6.45, 7) is 4.57. The molecule has 1 aromatic carbocycles. The Morgan fingerprint density at radius 3 is 2.76 bits per heavy atom. The fourth-order valence-electron chi connectivity index (χ4n) is 2.98. The smallest absolute Gasteiger partial charge is 0.257 e. The number of methoxy groups -OCH3 is 1. The van der Waals surface area contributed by atoms with Crippen LogP contribution in [0.2, 0.25) is 0 Å². The monoisotopic (exact) mass is 356 g/mol. The van der Waals surface area contributed by atoms with Gasteiger partial charge >= 0.3 is 0 Å². The predicted octanol–water partition coefficient (Wildman–Crippen LogP) is 3.13. The van der Waals surface area contributed by atoms with Gasteiger partial charge in [-0.1, -0.05) is 12.1 Å². The van der Waals surface area contributed by atoms with E-state index in [0.29, 0.717) is 18.3 Å². The van der Waals surface area contributed by atoms with E-state index in [1.807, 2.05) is 29.6 Å². The van der Waals surface area contributed by atoms with Gasteiger partial charge in [-0.2, -0.15) is 0 Å². The maximum atomic E-state index is 5.79. The predicted molar refractivity (Wildman–Crippen MR) is 98.1 cm³/mol. The van der Waals surface area contributed by atoms with E-state index >= 15 is 0 Å². The van der Waals surface area contributed by atoms with E-state index in [4.69, 9.17) is 9.15 Å². The van der Waals surface area contributed by atoms with Gasteiger partial charge in [-0.3, -0.25) is 4.90 Å². The van der Waals surface area contributed by atoms with Crippen LogP contribution in [0.1, 0.15) is 5.89 Å². The second-order valence-corrected chi connectivity index (χ2v) is 6.89. The summed E-state index contributed by atoms with van der Waals surface area (Å²) in [7, 11) is 1.70. The number of rotatable bonds is 5. The number of piperazine rings is 1. The molecule has 130 valence electrons. The Morgan fingerprint density at radius 1 is 1.12 bits per heavy atom. The average molecular weight is 356 g/mol. The molecule has 0 radical (unpaired) electrons. The number of hydrogen-bond donors (Lipinski definition) is 0. The summed E-state index contributed by atoms with van der Waals surface area (Å²) >= 11 is 1.61. The Balaban J connectivity index is 1.34. The molecule has 0 bridgehead atoms. The molecule has 7 heteroatoms. The summed E-state index contributed by atoms with van der Waals surface area (Å²) in [5.74, 6) is 2.19. The van der Waals surface area contributed by atoms with Crippen molar-refractivity contribution < 1.29 is 9.15 Å². The van der Waals surface area contributed by atoms with Crippen LogP contribution in [-0.4, -0.2) is 48.4 Å². The summed E-state index contributed by atoms with van der Waals surface area (Å²) in [6.07, 6.45) is 0. The quantitative estimate of drug-likeness (QED) is 0.700. The highest BCUT2D eigenvalue weighted by molar-refractivity contribution is 7.13. The number of nitrogens with zero attached hydrogens (tertiary/aromatic N) is 4. The van der Waals surface area contributed by atoms with Gasteiger partial charge in [-0.25, -0.2) is 0 Å². The van der Waals surface area contributed by atoms with Crippen LogP contribution in [0.5, 0.6) is 5.75 Å². The third-order valence-electron chi connectivity index (χ3n) is 4.35. The maximum Gasteiger partial charge on any atom is 0.257 e. The van der Waals surface area contributed by atoms with E-state index in [0.717, 1.165) is 36.8 Å². The standard InChI is InChI=1S/C18H20N4O2S/c1-23-15-5-2-4-14(12-15)22-9-7-21(8-10-22)13-17-19-20-18(24-17)16-6-3-11-25-16/h2-6,11-12H,7-10,13H2,1H3. The van der Waals surface area contributed by atoms with Crippen LogP contribution < -0.4 is 9.64 Å². The van der Waals surface area contributed by atoms with Crippen molar-refractivity contribution >= 4 is 17.0 Å². The first-order valence-electron chi connectivity index (χ1n) is 8.29. The molecule has 1 aliphatic rings. The fraction of sp³-hybridized carbons (Fsp3) is 0.333. The lowest BCUT2D eigenvalue weighted by Crippen LogP contribution is -2.46. The molecule has 3 aromatic rings. The molecule has 3 heterocycles. The Hall–Kier alpha value is -2.38. The molecule has 0 unspecified atom stereocenters. The zero-order valence-electron chi connectivity index (χ0n) is 14.1. The van der Waals surface area contributed by atoms with E-state index in [1.165, 1.54) is 5.69 Å². The maximum absolute atomic E-state index is 5.79. The van der Waals surface area contributed by atoms with Crippen molar-refractivity contribution in [3.05, 3.63) is 47.7 Å². The average Bonchev–Trinajstić information content (AvgIpc) is 3.34. The topological polar surface area (TPSA) is 54.6 Å². The number of hydrogen-bond acceptors (Lipinski definition) is 7. The summed E-state index contributed by atoms with van der Waals surface area (Å²) in [4.78, 5) is 5.74. The fourth-order valence-corrected chi connectivity index (χ4v) is 3.62. The number of anilines is 1. The highest BCUT2D eigenvalue weighted by atomic mass is 32.1. The summed E-state index contributed by atoms with van der Waals surface area (Å²) in [5.41, 5.74) is 1.21. The first-order chi connectivity index (χ1) is 12.3. The van der Waals surface area contributed by atoms with Crippen molar-refractivity contribution in [2.45, 2.75) is 6.54 Å². The van der Waals surface area contributed by atoms with Gasteiger partial charge < -0.3 is 14.1 Å². The van der Waals surface area contributed by atoms with Crippen molar-refractivity contribution in [1.29, 1.82) is 0 Å². The molecule has 6 nitrogen and oxygen atoms in total. The van der Waals surface area contributed by atoms with Gasteiger partial charge in [-0.05, 0) is 23.6 Å². The second kappa shape index (κ2) is 7.25. The first-order valence-corrected chi connectivity index (χ1v) is 9.17. The molecule has 1 fully saturated rings. The van der Waals surface area contributed by atoms with Crippen molar-refractivity contribution in [3.8, 4) is 16.5 Å². The van der Waals surface area contributed by atoms with Gasteiger partial charge in [0.2, 0.25) is 5.89 Å². The molecule has 0 amide bonds. The lowest BCUT2D eigenvalue weighted by Gasteiger charge is -2.35. The third-order valence-corrected chi connectivity index (χ3v) is 5.21. The van der Waals surface area contributed by atoms with Crippen molar-refractivity contribution in [3.63, 3.8) is 0 Å². The molecule has 1 aliphatic heterocycles. The molecule has 0 saturated carbocycles. The van der Waals surface area contributed by atoms with E-state index in [2.05, 4.69) is 32.1 Å². The largest absolute Gasteiger partial charge is 0.497 e. The molecule has 0 spiro atoms. The summed E-state index contributed by atoms with van der Waals surface area (Å²) < 4.78 is 11.1. The number of ether oxygens (including phenoxy) is 1. The van der Waals surface area contributed by atoms with Gasteiger partial charge in [0.05, 0.1) is 18.5 Å². The van der Waals surface area contributed by atoms with Crippen LogP contribution in [0.4, 0.5) is 5.69 Å². The van der Waals surface area contributed by atoms with E-state index in [-0.39, 0.29) is 0 Å². The van der Waals surface area contributed by atoms with Gasteiger partial charge in [-0.15, -0.1) is 21.5 Å². The normalized spacial score (nSPS) is 15.5. The van der Waals surface area contributed by atoms with Crippen LogP contribution in [-0.2, 0) is 6.54 Å². The summed E-state index contributed by atoms with van der Waals surface area (Å²) in [5, 5.41) is 10.3. The number of aromatic nitrogens is 2. The van der Waals surface area contributed by atoms with Crippen LogP contribution in [0.3, 0.4) is 0 Å². The van der Waals surface area contributed by atoms with Crippen LogP contribution in [0, 0.1) is 0 Å². The van der Waals surface area contributed by atoms with Crippen LogP contribution in [0.25, 0.3) is 10.8 Å². The minimum atomic E-state index is 0.611. The molecular formula is C18H20N4O2S. The lowest BCUT2D eigenvalue weighted by atomic mass is 10.2. The Kier molecular flexibility index (Phi) is 4.67. The highest BCUT2D eigenvalue weighted by Crippen LogP contribution is 2.24. The molecule has 2 aromatic heterocycles. The Bertz CT molecular complexity index is 810. The Labute approximate surface area is 150 Å². The van der Waals surface area contributed by atoms with Gasteiger partial charge in [0.25, 0.3) is 5.89 Å². The van der Waals surface area contributed by atoms with Crippen molar-refractivity contribution in [2.24, 2.45) is 0 Å². The molecule has 0 aliphatic carbocycles. The second-order valence-electron chi connectivity index (χ2n) is 5.94. The van der Waals surface area contributed by atoms with Crippen molar-refractivity contribution in [2.75, 3.05) is 38.2 Å². The number of thiophene rings is 1. The molecule has 4 rings (SSSR count). The van der Waals surface area contributed by atoms with E-state index in [1.54, 1.807) is 18.4 Å². The zero-order valence-corrected chi connectivity index (χ0v) is 14.9.